The van der Waals surface area contributed by atoms with E-state index in [0.717, 1.165) is 39.3 Å². The summed E-state index contributed by atoms with van der Waals surface area (Å²) in [5.74, 6) is 0.801. The minimum absolute atomic E-state index is 0.0415. The molecule has 1 saturated heterocycles. The van der Waals surface area contributed by atoms with Crippen LogP contribution in [0, 0.1) is 11.3 Å². The van der Waals surface area contributed by atoms with Gasteiger partial charge in [0.25, 0.3) is 5.91 Å². The summed E-state index contributed by atoms with van der Waals surface area (Å²) >= 11 is 0. The molecule has 0 radical (unpaired) electrons. The van der Waals surface area contributed by atoms with Gasteiger partial charge in [-0.25, -0.2) is 0 Å². The van der Waals surface area contributed by atoms with E-state index in [0.29, 0.717) is 23.6 Å². The van der Waals surface area contributed by atoms with Crippen LogP contribution in [0.3, 0.4) is 0 Å². The Bertz CT molecular complexity index is 676. The number of amides is 1. The van der Waals surface area contributed by atoms with E-state index in [1.54, 1.807) is 25.3 Å². The third-order valence-electron chi connectivity index (χ3n) is 4.15. The SMILES string of the molecule is COc1ccc(/C=C(/C#N)C(=O)NCCCN2CCOCC2)c(OC)c1. The van der Waals surface area contributed by atoms with Crippen LogP contribution >= 0.6 is 0 Å². The number of methoxy groups -OCH3 is 2. The zero-order chi connectivity index (χ0) is 18.8. The Morgan fingerprint density at radius 2 is 2.12 bits per heavy atom. The molecule has 1 fully saturated rings. The maximum atomic E-state index is 12.3. The molecule has 1 heterocycles. The summed E-state index contributed by atoms with van der Waals surface area (Å²) in [6, 6.07) is 7.17. The summed E-state index contributed by atoms with van der Waals surface area (Å²) in [5, 5.41) is 12.1. The molecule has 0 unspecified atom stereocenters. The zero-order valence-corrected chi connectivity index (χ0v) is 15.3. The van der Waals surface area contributed by atoms with Crippen LogP contribution < -0.4 is 14.8 Å². The monoisotopic (exact) mass is 359 g/mol. The van der Waals surface area contributed by atoms with Crippen molar-refractivity contribution in [3.05, 3.63) is 29.3 Å². The third-order valence-corrected chi connectivity index (χ3v) is 4.15. The largest absolute Gasteiger partial charge is 0.497 e. The van der Waals surface area contributed by atoms with Gasteiger partial charge in [0.15, 0.2) is 0 Å². The van der Waals surface area contributed by atoms with Crippen molar-refractivity contribution in [3.8, 4) is 17.6 Å². The first kappa shape index (κ1) is 19.8. The Morgan fingerprint density at radius 1 is 1.35 bits per heavy atom. The molecule has 0 bridgehead atoms. The molecule has 0 spiro atoms. The molecule has 0 atom stereocenters. The summed E-state index contributed by atoms with van der Waals surface area (Å²) in [7, 11) is 3.10. The Balaban J connectivity index is 1.91. The number of nitrogens with one attached hydrogen (secondary N) is 1. The van der Waals surface area contributed by atoms with E-state index >= 15 is 0 Å². The van der Waals surface area contributed by atoms with Gasteiger partial charge in [-0.3, -0.25) is 9.69 Å². The fourth-order valence-electron chi connectivity index (χ4n) is 2.67. The average molecular weight is 359 g/mol. The van der Waals surface area contributed by atoms with Crippen LogP contribution in [0.5, 0.6) is 11.5 Å². The lowest BCUT2D eigenvalue weighted by Crippen LogP contribution is -2.38. The maximum absolute atomic E-state index is 12.3. The van der Waals surface area contributed by atoms with E-state index in [4.69, 9.17) is 14.2 Å². The molecule has 7 nitrogen and oxygen atoms in total. The summed E-state index contributed by atoms with van der Waals surface area (Å²) in [6.07, 6.45) is 2.35. The van der Waals surface area contributed by atoms with E-state index in [-0.39, 0.29) is 11.5 Å². The van der Waals surface area contributed by atoms with Gasteiger partial charge < -0.3 is 19.5 Å². The van der Waals surface area contributed by atoms with Gasteiger partial charge in [-0.15, -0.1) is 0 Å². The fourth-order valence-corrected chi connectivity index (χ4v) is 2.67. The number of nitriles is 1. The van der Waals surface area contributed by atoms with Gasteiger partial charge in [0, 0.05) is 31.3 Å². The predicted octanol–water partition coefficient (Wildman–Crippen LogP) is 1.45. The number of morpholine rings is 1. The van der Waals surface area contributed by atoms with Crippen molar-refractivity contribution in [2.75, 3.05) is 53.6 Å². The Morgan fingerprint density at radius 3 is 2.77 bits per heavy atom. The number of hydrogen-bond donors (Lipinski definition) is 1. The number of nitrogens with zero attached hydrogens (tertiary/aromatic N) is 2. The van der Waals surface area contributed by atoms with Gasteiger partial charge >= 0.3 is 0 Å². The second-order valence-corrected chi connectivity index (χ2v) is 5.84. The van der Waals surface area contributed by atoms with E-state index < -0.39 is 0 Å². The molecule has 1 aromatic rings. The average Bonchev–Trinajstić information content (AvgIpc) is 2.70. The van der Waals surface area contributed by atoms with Crippen LogP contribution in [-0.2, 0) is 9.53 Å². The maximum Gasteiger partial charge on any atom is 0.261 e. The number of hydrogen-bond acceptors (Lipinski definition) is 6. The second-order valence-electron chi connectivity index (χ2n) is 5.84. The lowest BCUT2D eigenvalue weighted by atomic mass is 10.1. The van der Waals surface area contributed by atoms with Crippen LogP contribution in [0.1, 0.15) is 12.0 Å². The molecule has 0 aromatic heterocycles. The predicted molar refractivity (Wildman–Crippen MR) is 98.0 cm³/mol. The van der Waals surface area contributed by atoms with E-state index in [1.165, 1.54) is 13.2 Å². The minimum Gasteiger partial charge on any atom is -0.497 e. The highest BCUT2D eigenvalue weighted by atomic mass is 16.5. The molecule has 1 N–H and O–H groups in total. The first-order valence-corrected chi connectivity index (χ1v) is 8.60. The highest BCUT2D eigenvalue weighted by Gasteiger charge is 2.12. The van der Waals surface area contributed by atoms with Gasteiger partial charge in [-0.05, 0) is 31.2 Å². The van der Waals surface area contributed by atoms with Gasteiger partial charge in [0.2, 0.25) is 0 Å². The molecule has 0 saturated carbocycles. The topological polar surface area (TPSA) is 83.8 Å². The van der Waals surface area contributed by atoms with Crippen molar-refractivity contribution in [2.45, 2.75) is 6.42 Å². The molecule has 1 aliphatic rings. The van der Waals surface area contributed by atoms with Crippen LogP contribution in [0.15, 0.2) is 23.8 Å². The summed E-state index contributed by atoms with van der Waals surface area (Å²) in [4.78, 5) is 14.6. The Labute approximate surface area is 154 Å². The minimum atomic E-state index is -0.382. The Hall–Kier alpha value is -2.56. The molecule has 140 valence electrons. The molecule has 7 heteroatoms. The normalized spacial score (nSPS) is 15.2. The van der Waals surface area contributed by atoms with Gasteiger partial charge in [0.05, 0.1) is 27.4 Å². The molecule has 1 aromatic carbocycles. The highest BCUT2D eigenvalue weighted by Crippen LogP contribution is 2.26. The van der Waals surface area contributed by atoms with Crippen LogP contribution in [0.2, 0.25) is 0 Å². The number of benzene rings is 1. The molecule has 1 aliphatic heterocycles. The molecule has 0 aliphatic carbocycles. The smallest absolute Gasteiger partial charge is 0.261 e. The standard InChI is InChI=1S/C19H25N3O4/c1-24-17-5-4-15(18(13-17)25-2)12-16(14-20)19(23)21-6-3-7-22-8-10-26-11-9-22/h4-5,12-13H,3,6-11H2,1-2H3,(H,21,23)/b16-12-. The summed E-state index contributed by atoms with van der Waals surface area (Å²) in [5.41, 5.74) is 0.688. The first-order chi connectivity index (χ1) is 12.7. The van der Waals surface area contributed by atoms with Crippen LogP contribution in [-0.4, -0.2) is 64.4 Å². The van der Waals surface area contributed by atoms with Gasteiger partial charge in [-0.1, -0.05) is 0 Å². The molecular formula is C19H25N3O4. The highest BCUT2D eigenvalue weighted by molar-refractivity contribution is 6.02. The number of ether oxygens (including phenoxy) is 3. The molecule has 26 heavy (non-hydrogen) atoms. The van der Waals surface area contributed by atoms with E-state index in [2.05, 4.69) is 10.2 Å². The lowest BCUT2D eigenvalue weighted by molar-refractivity contribution is -0.117. The number of rotatable bonds is 8. The van der Waals surface area contributed by atoms with Crippen molar-refractivity contribution in [3.63, 3.8) is 0 Å². The van der Waals surface area contributed by atoms with Crippen molar-refractivity contribution < 1.29 is 19.0 Å². The van der Waals surface area contributed by atoms with Crippen LogP contribution in [0.4, 0.5) is 0 Å². The zero-order valence-electron chi connectivity index (χ0n) is 15.3. The summed E-state index contributed by atoms with van der Waals surface area (Å²) < 4.78 is 15.8. The van der Waals surface area contributed by atoms with Crippen LogP contribution in [0.25, 0.3) is 6.08 Å². The van der Waals surface area contributed by atoms with E-state index in [1.807, 2.05) is 6.07 Å². The number of carbonyl (C=O) groups is 1. The van der Waals surface area contributed by atoms with Crippen molar-refractivity contribution in [2.24, 2.45) is 0 Å². The van der Waals surface area contributed by atoms with Gasteiger partial charge in [-0.2, -0.15) is 5.26 Å². The lowest BCUT2D eigenvalue weighted by Gasteiger charge is -2.26. The third kappa shape index (κ3) is 5.76. The number of carbonyl (C=O) groups excluding carboxylic acids is 1. The van der Waals surface area contributed by atoms with Crippen molar-refractivity contribution >= 4 is 12.0 Å². The fraction of sp³-hybridized carbons (Fsp3) is 0.474. The molecule has 2 rings (SSSR count). The quantitative estimate of drug-likeness (QED) is 0.430. The van der Waals surface area contributed by atoms with Crippen molar-refractivity contribution in [1.29, 1.82) is 5.26 Å². The molecular weight excluding hydrogens is 334 g/mol. The van der Waals surface area contributed by atoms with E-state index in [9.17, 15) is 10.1 Å². The van der Waals surface area contributed by atoms with Crippen molar-refractivity contribution in [1.82, 2.24) is 10.2 Å². The first-order valence-electron chi connectivity index (χ1n) is 8.60. The second kappa shape index (κ2) is 10.4. The van der Waals surface area contributed by atoms with Gasteiger partial charge in [0.1, 0.15) is 23.1 Å². The molecule has 1 amide bonds. The Kier molecular flexibility index (Phi) is 7.93. The summed E-state index contributed by atoms with van der Waals surface area (Å²) in [6.45, 7) is 4.80.